The van der Waals surface area contributed by atoms with E-state index in [9.17, 15) is 9.90 Å². The second-order valence-electron chi connectivity index (χ2n) is 6.51. The normalized spacial score (nSPS) is 17.6. The number of piperidine rings is 1. The topological polar surface area (TPSA) is 40.5 Å². The van der Waals surface area contributed by atoms with Gasteiger partial charge in [-0.1, -0.05) is 53.6 Å². The van der Waals surface area contributed by atoms with Crippen LogP contribution in [0, 0.1) is 12.8 Å². The molecule has 3 nitrogen and oxygen atoms in total. The van der Waals surface area contributed by atoms with Gasteiger partial charge in [-0.3, -0.25) is 9.69 Å². The fourth-order valence-electron chi connectivity index (χ4n) is 3.41. The number of carbonyl (C=O) groups is 1. The highest BCUT2D eigenvalue weighted by molar-refractivity contribution is 6.30. The molecule has 24 heavy (non-hydrogen) atoms. The van der Waals surface area contributed by atoms with E-state index in [4.69, 9.17) is 11.6 Å². The third kappa shape index (κ3) is 3.80. The zero-order valence-corrected chi connectivity index (χ0v) is 14.5. The van der Waals surface area contributed by atoms with Gasteiger partial charge in [0, 0.05) is 5.02 Å². The lowest BCUT2D eigenvalue weighted by Gasteiger charge is -2.37. The van der Waals surface area contributed by atoms with E-state index in [1.807, 2.05) is 12.1 Å². The Bertz CT molecular complexity index is 643. The predicted molar refractivity (Wildman–Crippen MR) is 96.4 cm³/mol. The van der Waals surface area contributed by atoms with Gasteiger partial charge < -0.3 is 5.11 Å². The van der Waals surface area contributed by atoms with Crippen molar-refractivity contribution in [2.24, 2.45) is 5.92 Å². The first kappa shape index (κ1) is 17.0. The maximum atomic E-state index is 11.2. The molecule has 0 saturated carbocycles. The van der Waals surface area contributed by atoms with Gasteiger partial charge in [0.1, 0.15) is 0 Å². The van der Waals surface area contributed by atoms with Crippen molar-refractivity contribution in [3.8, 4) is 0 Å². The smallest absolute Gasteiger partial charge is 0.306 e. The van der Waals surface area contributed by atoms with E-state index in [0.717, 1.165) is 18.1 Å². The highest BCUT2D eigenvalue weighted by atomic mass is 35.5. The summed E-state index contributed by atoms with van der Waals surface area (Å²) in [6.45, 7) is 3.66. The van der Waals surface area contributed by atoms with Crippen LogP contribution in [0.25, 0.3) is 0 Å². The van der Waals surface area contributed by atoms with Crippen LogP contribution in [0.5, 0.6) is 0 Å². The molecule has 1 aliphatic heterocycles. The average Bonchev–Trinajstić information content (AvgIpc) is 2.59. The van der Waals surface area contributed by atoms with Gasteiger partial charge in [0.25, 0.3) is 0 Å². The Morgan fingerprint density at radius 1 is 1.04 bits per heavy atom. The molecule has 0 radical (unpaired) electrons. The molecule has 2 aromatic rings. The number of aryl methyl sites for hydroxylation is 1. The van der Waals surface area contributed by atoms with Gasteiger partial charge in [-0.05, 0) is 56.1 Å². The molecule has 0 spiro atoms. The highest BCUT2D eigenvalue weighted by Crippen LogP contribution is 2.33. The molecule has 2 aromatic carbocycles. The minimum atomic E-state index is -0.673. The third-order valence-corrected chi connectivity index (χ3v) is 5.07. The monoisotopic (exact) mass is 343 g/mol. The van der Waals surface area contributed by atoms with E-state index in [1.165, 1.54) is 16.7 Å². The first-order chi connectivity index (χ1) is 11.5. The SMILES string of the molecule is Cc1ccc(C(c2ccc(Cl)cc2)N2CCC(C(=O)O)CC2)cc1. The Morgan fingerprint density at radius 3 is 2.04 bits per heavy atom. The van der Waals surface area contributed by atoms with Gasteiger partial charge in [0.05, 0.1) is 12.0 Å². The number of carboxylic acid groups (broad SMARTS) is 1. The first-order valence-corrected chi connectivity index (χ1v) is 8.71. The largest absolute Gasteiger partial charge is 0.481 e. The minimum absolute atomic E-state index is 0.137. The van der Waals surface area contributed by atoms with Crippen LogP contribution in [-0.4, -0.2) is 29.1 Å². The Morgan fingerprint density at radius 2 is 1.54 bits per heavy atom. The van der Waals surface area contributed by atoms with Crippen molar-refractivity contribution in [2.75, 3.05) is 13.1 Å². The number of halogens is 1. The lowest BCUT2D eigenvalue weighted by molar-refractivity contribution is -0.143. The summed E-state index contributed by atoms with van der Waals surface area (Å²) in [6.07, 6.45) is 1.40. The molecule has 0 bridgehead atoms. The van der Waals surface area contributed by atoms with E-state index < -0.39 is 5.97 Å². The molecule has 1 aliphatic rings. The van der Waals surface area contributed by atoms with Crippen molar-refractivity contribution in [3.63, 3.8) is 0 Å². The van der Waals surface area contributed by atoms with Crippen LogP contribution in [0.4, 0.5) is 0 Å². The van der Waals surface area contributed by atoms with Gasteiger partial charge >= 0.3 is 5.97 Å². The average molecular weight is 344 g/mol. The molecule has 3 rings (SSSR count). The van der Waals surface area contributed by atoms with E-state index >= 15 is 0 Å². The van der Waals surface area contributed by atoms with Crippen molar-refractivity contribution < 1.29 is 9.90 Å². The molecule has 0 aromatic heterocycles. The summed E-state index contributed by atoms with van der Waals surface area (Å²) in [6, 6.07) is 16.7. The fraction of sp³-hybridized carbons (Fsp3) is 0.350. The number of benzene rings is 2. The second-order valence-corrected chi connectivity index (χ2v) is 6.95. The number of hydrogen-bond acceptors (Lipinski definition) is 2. The Balaban J connectivity index is 1.89. The maximum absolute atomic E-state index is 11.2. The van der Waals surface area contributed by atoms with E-state index in [-0.39, 0.29) is 12.0 Å². The Hall–Kier alpha value is -1.84. The van der Waals surface area contributed by atoms with Crippen molar-refractivity contribution >= 4 is 17.6 Å². The summed E-state index contributed by atoms with van der Waals surface area (Å²) in [7, 11) is 0. The summed E-state index contributed by atoms with van der Waals surface area (Å²) < 4.78 is 0. The van der Waals surface area contributed by atoms with Crippen molar-refractivity contribution in [1.82, 2.24) is 4.90 Å². The number of carboxylic acids is 1. The lowest BCUT2D eigenvalue weighted by atomic mass is 9.91. The van der Waals surface area contributed by atoms with E-state index in [1.54, 1.807) is 0 Å². The zero-order valence-electron chi connectivity index (χ0n) is 13.8. The lowest BCUT2D eigenvalue weighted by Crippen LogP contribution is -2.39. The molecule has 126 valence electrons. The van der Waals surface area contributed by atoms with E-state index in [2.05, 4.69) is 48.2 Å². The van der Waals surface area contributed by atoms with Crippen LogP contribution < -0.4 is 0 Å². The molecular formula is C20H22ClNO2. The molecule has 1 fully saturated rings. The van der Waals surface area contributed by atoms with Gasteiger partial charge in [-0.2, -0.15) is 0 Å². The molecule has 1 unspecified atom stereocenters. The molecule has 1 saturated heterocycles. The molecule has 0 amide bonds. The summed E-state index contributed by atoms with van der Waals surface area (Å²) in [4.78, 5) is 13.6. The Kier molecular flexibility index (Phi) is 5.22. The van der Waals surface area contributed by atoms with Gasteiger partial charge in [0.15, 0.2) is 0 Å². The summed E-state index contributed by atoms with van der Waals surface area (Å²) in [5, 5.41) is 9.95. The predicted octanol–water partition coefficient (Wildman–Crippen LogP) is 4.53. The van der Waals surface area contributed by atoms with Crippen molar-refractivity contribution in [3.05, 3.63) is 70.2 Å². The van der Waals surface area contributed by atoms with Crippen LogP contribution in [0.2, 0.25) is 5.02 Å². The summed E-state index contributed by atoms with van der Waals surface area (Å²) in [5.74, 6) is -0.891. The molecule has 1 heterocycles. The zero-order chi connectivity index (χ0) is 17.1. The van der Waals surface area contributed by atoms with Gasteiger partial charge in [0.2, 0.25) is 0 Å². The van der Waals surface area contributed by atoms with Crippen LogP contribution >= 0.6 is 11.6 Å². The highest BCUT2D eigenvalue weighted by Gasteiger charge is 2.30. The number of likely N-dealkylation sites (tertiary alicyclic amines) is 1. The standard InChI is InChI=1S/C20H22ClNO2/c1-14-2-4-15(5-3-14)19(16-6-8-18(21)9-7-16)22-12-10-17(11-13-22)20(23)24/h2-9,17,19H,10-13H2,1H3,(H,23,24). The van der Waals surface area contributed by atoms with Crippen LogP contribution in [0.3, 0.4) is 0 Å². The Labute approximate surface area is 147 Å². The second kappa shape index (κ2) is 7.37. The van der Waals surface area contributed by atoms with Crippen molar-refractivity contribution in [1.29, 1.82) is 0 Å². The summed E-state index contributed by atoms with van der Waals surface area (Å²) in [5.41, 5.74) is 3.66. The molecule has 1 N–H and O–H groups in total. The van der Waals surface area contributed by atoms with E-state index in [0.29, 0.717) is 12.8 Å². The molecule has 4 heteroatoms. The van der Waals surface area contributed by atoms with Gasteiger partial charge in [-0.15, -0.1) is 0 Å². The van der Waals surface area contributed by atoms with Crippen LogP contribution in [0.1, 0.15) is 35.6 Å². The number of nitrogens with zero attached hydrogens (tertiary/aromatic N) is 1. The number of aliphatic carboxylic acids is 1. The van der Waals surface area contributed by atoms with Crippen LogP contribution in [-0.2, 0) is 4.79 Å². The van der Waals surface area contributed by atoms with Crippen molar-refractivity contribution in [2.45, 2.75) is 25.8 Å². The first-order valence-electron chi connectivity index (χ1n) is 8.33. The maximum Gasteiger partial charge on any atom is 0.306 e. The minimum Gasteiger partial charge on any atom is -0.481 e. The molecule has 1 atom stereocenters. The molecule has 0 aliphatic carbocycles. The third-order valence-electron chi connectivity index (χ3n) is 4.82. The van der Waals surface area contributed by atoms with Gasteiger partial charge in [-0.25, -0.2) is 0 Å². The summed E-state index contributed by atoms with van der Waals surface area (Å²) >= 11 is 6.04. The molecular weight excluding hydrogens is 322 g/mol. The fourth-order valence-corrected chi connectivity index (χ4v) is 3.54. The quantitative estimate of drug-likeness (QED) is 0.886. The number of rotatable bonds is 4. The van der Waals surface area contributed by atoms with Crippen LogP contribution in [0.15, 0.2) is 48.5 Å². The number of hydrogen-bond donors (Lipinski definition) is 1.